The van der Waals surface area contributed by atoms with Gasteiger partial charge in [-0.15, -0.1) is 0 Å². The average molecular weight is 291 g/mol. The molecule has 3 aromatic rings. The van der Waals surface area contributed by atoms with Crippen LogP contribution in [0.4, 0.5) is 5.69 Å². The molecule has 110 valence electrons. The van der Waals surface area contributed by atoms with Crippen molar-refractivity contribution in [1.29, 1.82) is 0 Å². The summed E-state index contributed by atoms with van der Waals surface area (Å²) in [5, 5.41) is 5.17. The largest absolute Gasteiger partial charge is 0.496 e. The van der Waals surface area contributed by atoms with Crippen LogP contribution < -0.4 is 10.1 Å². The Balaban J connectivity index is 1.91. The van der Waals surface area contributed by atoms with Gasteiger partial charge in [0.05, 0.1) is 12.7 Å². The van der Waals surface area contributed by atoms with Gasteiger partial charge in [-0.05, 0) is 41.5 Å². The van der Waals surface area contributed by atoms with Crippen molar-refractivity contribution in [2.75, 3.05) is 12.4 Å². The number of carbonyl (C=O) groups excluding carboxylic acids is 1. The Labute approximate surface area is 129 Å². The zero-order valence-electron chi connectivity index (χ0n) is 12.6. The number of nitrogens with one attached hydrogen (secondary N) is 1. The zero-order chi connectivity index (χ0) is 15.5. The van der Waals surface area contributed by atoms with Crippen LogP contribution in [0.2, 0.25) is 0 Å². The molecule has 0 radical (unpaired) electrons. The van der Waals surface area contributed by atoms with E-state index in [1.165, 1.54) is 0 Å². The van der Waals surface area contributed by atoms with Crippen molar-refractivity contribution in [3.05, 3.63) is 71.8 Å². The summed E-state index contributed by atoms with van der Waals surface area (Å²) in [7, 11) is 1.58. The maximum absolute atomic E-state index is 12.5. The first-order valence-electron chi connectivity index (χ1n) is 7.13. The van der Waals surface area contributed by atoms with Crippen molar-refractivity contribution in [3.63, 3.8) is 0 Å². The van der Waals surface area contributed by atoms with Crippen molar-refractivity contribution in [2.24, 2.45) is 0 Å². The SMILES string of the molecule is COc1c(C)cccc1C(=O)Nc1ccc2ccccc2c1. The molecular formula is C19H17NO2. The normalized spacial score (nSPS) is 10.5. The molecule has 0 aromatic heterocycles. The van der Waals surface area contributed by atoms with E-state index in [1.54, 1.807) is 13.2 Å². The predicted octanol–water partition coefficient (Wildman–Crippen LogP) is 4.41. The van der Waals surface area contributed by atoms with Gasteiger partial charge >= 0.3 is 0 Å². The molecule has 3 heteroatoms. The molecule has 3 rings (SSSR count). The lowest BCUT2D eigenvalue weighted by Gasteiger charge is -2.12. The number of rotatable bonds is 3. The minimum absolute atomic E-state index is 0.171. The smallest absolute Gasteiger partial charge is 0.259 e. The summed E-state index contributed by atoms with van der Waals surface area (Å²) in [5.41, 5.74) is 2.25. The highest BCUT2D eigenvalue weighted by molar-refractivity contribution is 6.07. The van der Waals surface area contributed by atoms with E-state index in [0.29, 0.717) is 11.3 Å². The number of hydrogen-bond donors (Lipinski definition) is 1. The standard InChI is InChI=1S/C19H17NO2/c1-13-6-5-9-17(18(13)22-2)19(21)20-16-11-10-14-7-3-4-8-15(14)12-16/h3-12H,1-2H3,(H,20,21). The van der Waals surface area contributed by atoms with E-state index in [1.807, 2.05) is 61.5 Å². The van der Waals surface area contributed by atoms with Gasteiger partial charge in [-0.2, -0.15) is 0 Å². The lowest BCUT2D eigenvalue weighted by molar-refractivity contribution is 0.102. The first-order valence-corrected chi connectivity index (χ1v) is 7.13. The van der Waals surface area contributed by atoms with E-state index < -0.39 is 0 Å². The van der Waals surface area contributed by atoms with Crippen LogP contribution in [-0.2, 0) is 0 Å². The van der Waals surface area contributed by atoms with E-state index in [4.69, 9.17) is 4.74 Å². The quantitative estimate of drug-likeness (QED) is 0.776. The fourth-order valence-corrected chi connectivity index (χ4v) is 2.57. The van der Waals surface area contributed by atoms with Gasteiger partial charge in [0.25, 0.3) is 5.91 Å². The molecule has 0 aliphatic carbocycles. The van der Waals surface area contributed by atoms with E-state index in [0.717, 1.165) is 22.0 Å². The molecule has 0 aliphatic rings. The molecule has 0 aliphatic heterocycles. The molecule has 0 bridgehead atoms. The molecule has 0 heterocycles. The number of carbonyl (C=O) groups is 1. The average Bonchev–Trinajstić information content (AvgIpc) is 2.54. The zero-order valence-corrected chi connectivity index (χ0v) is 12.6. The lowest BCUT2D eigenvalue weighted by Crippen LogP contribution is -2.13. The van der Waals surface area contributed by atoms with Gasteiger partial charge in [-0.25, -0.2) is 0 Å². The Hall–Kier alpha value is -2.81. The van der Waals surface area contributed by atoms with E-state index >= 15 is 0 Å². The first-order chi connectivity index (χ1) is 10.7. The molecule has 0 spiro atoms. The Morgan fingerprint density at radius 2 is 1.73 bits per heavy atom. The second-order valence-corrected chi connectivity index (χ2v) is 5.17. The number of aryl methyl sites for hydroxylation is 1. The Kier molecular flexibility index (Phi) is 3.79. The molecule has 0 atom stereocenters. The minimum Gasteiger partial charge on any atom is -0.496 e. The Morgan fingerprint density at radius 1 is 0.955 bits per heavy atom. The van der Waals surface area contributed by atoms with E-state index in [-0.39, 0.29) is 5.91 Å². The second-order valence-electron chi connectivity index (χ2n) is 5.17. The van der Waals surface area contributed by atoms with Gasteiger partial charge < -0.3 is 10.1 Å². The van der Waals surface area contributed by atoms with Gasteiger partial charge in [0.15, 0.2) is 0 Å². The van der Waals surface area contributed by atoms with Crippen LogP contribution in [-0.4, -0.2) is 13.0 Å². The summed E-state index contributed by atoms with van der Waals surface area (Å²) >= 11 is 0. The first kappa shape index (κ1) is 14.1. The molecule has 1 amide bonds. The van der Waals surface area contributed by atoms with E-state index in [2.05, 4.69) is 5.32 Å². The monoisotopic (exact) mass is 291 g/mol. The molecule has 0 unspecified atom stereocenters. The number of hydrogen-bond acceptors (Lipinski definition) is 2. The third-order valence-electron chi connectivity index (χ3n) is 3.67. The van der Waals surface area contributed by atoms with Crippen LogP contribution in [0.1, 0.15) is 15.9 Å². The van der Waals surface area contributed by atoms with Crippen LogP contribution in [0.5, 0.6) is 5.75 Å². The number of methoxy groups -OCH3 is 1. The van der Waals surface area contributed by atoms with Crippen molar-refractivity contribution in [3.8, 4) is 5.75 Å². The number of benzene rings is 3. The van der Waals surface area contributed by atoms with Crippen LogP contribution in [0.3, 0.4) is 0 Å². The Morgan fingerprint density at radius 3 is 2.50 bits per heavy atom. The molecule has 22 heavy (non-hydrogen) atoms. The highest BCUT2D eigenvalue weighted by Crippen LogP contribution is 2.25. The molecule has 0 saturated carbocycles. The summed E-state index contributed by atoms with van der Waals surface area (Å²) in [4.78, 5) is 12.5. The maximum atomic E-state index is 12.5. The highest BCUT2D eigenvalue weighted by atomic mass is 16.5. The molecular weight excluding hydrogens is 274 g/mol. The molecule has 1 N–H and O–H groups in total. The van der Waals surface area contributed by atoms with Crippen molar-refractivity contribution in [2.45, 2.75) is 6.92 Å². The topological polar surface area (TPSA) is 38.3 Å². The summed E-state index contributed by atoms with van der Waals surface area (Å²) in [6.07, 6.45) is 0. The van der Waals surface area contributed by atoms with Gasteiger partial charge in [-0.1, -0.05) is 42.5 Å². The molecule has 0 saturated heterocycles. The summed E-state index contributed by atoms with van der Waals surface area (Å²) < 4.78 is 5.34. The van der Waals surface area contributed by atoms with Crippen molar-refractivity contribution in [1.82, 2.24) is 0 Å². The number of fused-ring (bicyclic) bond motifs is 1. The van der Waals surface area contributed by atoms with Crippen LogP contribution in [0.25, 0.3) is 10.8 Å². The van der Waals surface area contributed by atoms with Crippen LogP contribution >= 0.6 is 0 Å². The number of para-hydroxylation sites is 1. The fourth-order valence-electron chi connectivity index (χ4n) is 2.57. The van der Waals surface area contributed by atoms with Gasteiger partial charge in [0, 0.05) is 5.69 Å². The van der Waals surface area contributed by atoms with Crippen molar-refractivity contribution < 1.29 is 9.53 Å². The highest BCUT2D eigenvalue weighted by Gasteiger charge is 2.14. The molecule has 3 nitrogen and oxygen atoms in total. The van der Waals surface area contributed by atoms with Gasteiger partial charge in [-0.3, -0.25) is 4.79 Å². The number of anilines is 1. The summed E-state index contributed by atoms with van der Waals surface area (Å²) in [6, 6.07) is 19.5. The lowest BCUT2D eigenvalue weighted by atomic mass is 10.1. The number of ether oxygens (including phenoxy) is 1. The summed E-state index contributed by atoms with van der Waals surface area (Å²) in [6.45, 7) is 1.92. The third kappa shape index (κ3) is 2.66. The van der Waals surface area contributed by atoms with Gasteiger partial charge in [0.1, 0.15) is 5.75 Å². The summed E-state index contributed by atoms with van der Waals surface area (Å²) in [5.74, 6) is 0.441. The molecule has 0 fully saturated rings. The van der Waals surface area contributed by atoms with E-state index in [9.17, 15) is 4.79 Å². The maximum Gasteiger partial charge on any atom is 0.259 e. The van der Waals surface area contributed by atoms with Crippen LogP contribution in [0, 0.1) is 6.92 Å². The molecule has 3 aromatic carbocycles. The van der Waals surface area contributed by atoms with Crippen molar-refractivity contribution >= 4 is 22.4 Å². The minimum atomic E-state index is -0.171. The van der Waals surface area contributed by atoms with Crippen LogP contribution in [0.15, 0.2) is 60.7 Å². The Bertz CT molecular complexity index is 840. The third-order valence-corrected chi connectivity index (χ3v) is 3.67. The second kappa shape index (κ2) is 5.90. The fraction of sp³-hybridized carbons (Fsp3) is 0.105. The number of amides is 1. The van der Waals surface area contributed by atoms with Gasteiger partial charge in [0.2, 0.25) is 0 Å². The predicted molar refractivity (Wildman–Crippen MR) is 89.6 cm³/mol.